The molecule has 15 heavy (non-hydrogen) atoms. The maximum absolute atomic E-state index is 11.8. The van der Waals surface area contributed by atoms with Crippen LogP contribution in [0.1, 0.15) is 20.3 Å². The van der Waals surface area contributed by atoms with Gasteiger partial charge in [0.25, 0.3) is 0 Å². The van der Waals surface area contributed by atoms with E-state index < -0.39 is 21.2 Å². The molecule has 0 aromatic rings. The highest BCUT2D eigenvalue weighted by molar-refractivity contribution is 7.89. The number of hydrogen-bond donors (Lipinski definition) is 1. The maximum Gasteiger partial charge on any atom is 0.332 e. The normalized spacial score (nSPS) is 19.0. The highest BCUT2D eigenvalue weighted by atomic mass is 32.2. The molecule has 0 unspecified atom stereocenters. The largest absolute Gasteiger partial charge is 0.478 e. The Morgan fingerprint density at radius 3 is 2.60 bits per heavy atom. The molecule has 0 fully saturated rings. The summed E-state index contributed by atoms with van der Waals surface area (Å²) < 4.78 is 24.8. The molecule has 0 radical (unpaired) electrons. The SMILES string of the molecule is CC(C)S(=O)(=O)N1CCC=C(C(=O)O)C1. The van der Waals surface area contributed by atoms with Crippen LogP contribution < -0.4 is 0 Å². The van der Waals surface area contributed by atoms with Gasteiger partial charge in [0.2, 0.25) is 10.0 Å². The van der Waals surface area contributed by atoms with Crippen molar-refractivity contribution in [1.29, 1.82) is 0 Å². The fourth-order valence-corrected chi connectivity index (χ4v) is 2.66. The van der Waals surface area contributed by atoms with Gasteiger partial charge in [-0.2, -0.15) is 4.31 Å². The molecule has 0 bridgehead atoms. The van der Waals surface area contributed by atoms with Gasteiger partial charge in [0, 0.05) is 18.7 Å². The lowest BCUT2D eigenvalue weighted by Gasteiger charge is -2.26. The van der Waals surface area contributed by atoms with E-state index in [4.69, 9.17) is 5.11 Å². The van der Waals surface area contributed by atoms with Gasteiger partial charge in [-0.3, -0.25) is 0 Å². The number of carboxylic acids is 1. The Hall–Kier alpha value is -0.880. The highest BCUT2D eigenvalue weighted by Gasteiger charge is 2.29. The Morgan fingerprint density at radius 1 is 1.53 bits per heavy atom. The van der Waals surface area contributed by atoms with Crippen molar-refractivity contribution in [3.63, 3.8) is 0 Å². The number of rotatable bonds is 3. The van der Waals surface area contributed by atoms with Gasteiger partial charge in [0.15, 0.2) is 0 Å². The Kier molecular flexibility index (Phi) is 3.51. The summed E-state index contributed by atoms with van der Waals surface area (Å²) in [6, 6.07) is 0. The molecule has 1 aliphatic rings. The summed E-state index contributed by atoms with van der Waals surface area (Å²) in [7, 11) is -3.34. The van der Waals surface area contributed by atoms with E-state index in [0.29, 0.717) is 13.0 Å². The van der Waals surface area contributed by atoms with E-state index in [-0.39, 0.29) is 12.1 Å². The topological polar surface area (TPSA) is 74.7 Å². The van der Waals surface area contributed by atoms with Gasteiger partial charge in [-0.1, -0.05) is 6.08 Å². The number of hydrogen-bond acceptors (Lipinski definition) is 3. The number of sulfonamides is 1. The maximum atomic E-state index is 11.8. The van der Waals surface area contributed by atoms with Crippen LogP contribution in [0.3, 0.4) is 0 Å². The zero-order valence-corrected chi connectivity index (χ0v) is 9.62. The minimum Gasteiger partial charge on any atom is -0.478 e. The van der Waals surface area contributed by atoms with E-state index in [9.17, 15) is 13.2 Å². The van der Waals surface area contributed by atoms with Crippen LogP contribution in [0.4, 0.5) is 0 Å². The molecule has 5 nitrogen and oxygen atoms in total. The van der Waals surface area contributed by atoms with Crippen molar-refractivity contribution >= 4 is 16.0 Å². The number of nitrogens with zero attached hydrogens (tertiary/aromatic N) is 1. The Labute approximate surface area is 89.4 Å². The van der Waals surface area contributed by atoms with Gasteiger partial charge in [0.1, 0.15) is 0 Å². The van der Waals surface area contributed by atoms with Gasteiger partial charge in [-0.25, -0.2) is 13.2 Å². The third-order valence-electron chi connectivity index (χ3n) is 2.35. The summed E-state index contributed by atoms with van der Waals surface area (Å²) in [6.07, 6.45) is 2.04. The first-order valence-electron chi connectivity index (χ1n) is 4.77. The fraction of sp³-hybridized carbons (Fsp3) is 0.667. The van der Waals surface area contributed by atoms with Gasteiger partial charge in [0.05, 0.1) is 5.25 Å². The standard InChI is InChI=1S/C9H15NO4S/c1-7(2)15(13,14)10-5-3-4-8(6-10)9(11)12/h4,7H,3,5-6H2,1-2H3,(H,11,12). The molecule has 1 N–H and O–H groups in total. The predicted octanol–water partition coefficient (Wildman–Crippen LogP) is 0.441. The van der Waals surface area contributed by atoms with Gasteiger partial charge >= 0.3 is 5.97 Å². The Morgan fingerprint density at radius 2 is 2.13 bits per heavy atom. The van der Waals surface area contributed by atoms with Crippen molar-refractivity contribution in [2.24, 2.45) is 0 Å². The van der Waals surface area contributed by atoms with Gasteiger partial charge < -0.3 is 5.11 Å². The van der Waals surface area contributed by atoms with Crippen LogP contribution in [0, 0.1) is 0 Å². The second kappa shape index (κ2) is 4.32. The molecule has 1 rings (SSSR count). The first-order valence-corrected chi connectivity index (χ1v) is 6.27. The third kappa shape index (κ3) is 2.57. The number of carboxylic acid groups (broad SMARTS) is 1. The van der Waals surface area contributed by atoms with Crippen LogP contribution in [0.5, 0.6) is 0 Å². The summed E-state index contributed by atoms with van der Waals surface area (Å²) in [5, 5.41) is 8.26. The van der Waals surface area contributed by atoms with E-state index in [2.05, 4.69) is 0 Å². The summed E-state index contributed by atoms with van der Waals surface area (Å²) in [5.74, 6) is -1.04. The molecular formula is C9H15NO4S. The Balaban J connectivity index is 2.86. The minimum atomic E-state index is -3.34. The first-order chi connectivity index (χ1) is 6.85. The zero-order chi connectivity index (χ0) is 11.6. The highest BCUT2D eigenvalue weighted by Crippen LogP contribution is 2.16. The monoisotopic (exact) mass is 233 g/mol. The zero-order valence-electron chi connectivity index (χ0n) is 8.80. The molecular weight excluding hydrogens is 218 g/mol. The van der Waals surface area contributed by atoms with Crippen LogP contribution in [0.15, 0.2) is 11.6 Å². The molecule has 0 atom stereocenters. The lowest BCUT2D eigenvalue weighted by Crippen LogP contribution is -2.41. The molecule has 6 heteroatoms. The second-order valence-corrected chi connectivity index (χ2v) is 6.24. The molecule has 1 aliphatic heterocycles. The fourth-order valence-electron chi connectivity index (χ4n) is 1.39. The summed E-state index contributed by atoms with van der Waals surface area (Å²) >= 11 is 0. The quantitative estimate of drug-likeness (QED) is 0.767. The molecule has 0 spiro atoms. The summed E-state index contributed by atoms with van der Waals surface area (Å²) in [5.41, 5.74) is 0.158. The smallest absolute Gasteiger partial charge is 0.332 e. The van der Waals surface area contributed by atoms with E-state index in [1.807, 2.05) is 0 Å². The van der Waals surface area contributed by atoms with Crippen molar-refractivity contribution in [1.82, 2.24) is 4.31 Å². The average molecular weight is 233 g/mol. The minimum absolute atomic E-state index is 0.0180. The molecule has 0 amide bonds. The first kappa shape index (κ1) is 12.2. The van der Waals surface area contributed by atoms with Crippen molar-refractivity contribution in [2.45, 2.75) is 25.5 Å². The van der Waals surface area contributed by atoms with Crippen molar-refractivity contribution in [2.75, 3.05) is 13.1 Å². The molecule has 0 saturated carbocycles. The second-order valence-electron chi connectivity index (χ2n) is 3.75. The van der Waals surface area contributed by atoms with Crippen molar-refractivity contribution < 1.29 is 18.3 Å². The summed E-state index contributed by atoms with van der Waals surface area (Å²) in [6.45, 7) is 3.54. The van der Waals surface area contributed by atoms with E-state index in [0.717, 1.165) is 0 Å². The number of carbonyl (C=O) groups is 1. The van der Waals surface area contributed by atoms with E-state index in [1.165, 1.54) is 4.31 Å². The molecule has 1 heterocycles. The van der Waals surface area contributed by atoms with Crippen LogP contribution in [0.2, 0.25) is 0 Å². The van der Waals surface area contributed by atoms with Gasteiger partial charge in [-0.05, 0) is 20.3 Å². The molecule has 0 aliphatic carbocycles. The van der Waals surface area contributed by atoms with E-state index in [1.54, 1.807) is 19.9 Å². The van der Waals surface area contributed by atoms with Gasteiger partial charge in [-0.15, -0.1) is 0 Å². The lowest BCUT2D eigenvalue weighted by molar-refractivity contribution is -0.132. The van der Waals surface area contributed by atoms with Crippen LogP contribution >= 0.6 is 0 Å². The Bertz CT molecular complexity index is 383. The molecule has 0 saturated heterocycles. The van der Waals surface area contributed by atoms with Crippen molar-refractivity contribution in [3.8, 4) is 0 Å². The molecule has 0 aromatic carbocycles. The molecule has 0 aromatic heterocycles. The van der Waals surface area contributed by atoms with Crippen molar-refractivity contribution in [3.05, 3.63) is 11.6 Å². The average Bonchev–Trinajstić information content (AvgIpc) is 2.17. The predicted molar refractivity (Wildman–Crippen MR) is 56.0 cm³/mol. The van der Waals surface area contributed by atoms with Crippen LogP contribution in [-0.4, -0.2) is 42.1 Å². The lowest BCUT2D eigenvalue weighted by atomic mass is 10.1. The van der Waals surface area contributed by atoms with E-state index >= 15 is 0 Å². The summed E-state index contributed by atoms with van der Waals surface area (Å²) in [4.78, 5) is 10.7. The molecule has 86 valence electrons. The third-order valence-corrected chi connectivity index (χ3v) is 4.57. The number of aliphatic carboxylic acids is 1. The van der Waals surface area contributed by atoms with Crippen LogP contribution in [-0.2, 0) is 14.8 Å². The van der Waals surface area contributed by atoms with Crippen LogP contribution in [0.25, 0.3) is 0 Å².